The van der Waals surface area contributed by atoms with E-state index in [1.54, 1.807) is 0 Å². The molecule has 0 saturated heterocycles. The molecule has 0 aromatic carbocycles. The molecule has 0 aliphatic heterocycles. The Morgan fingerprint density at radius 2 is 0.355 bits per heavy atom. The molecule has 0 aliphatic carbocycles. The number of hydrogen-bond donors (Lipinski definition) is 11. The van der Waals surface area contributed by atoms with E-state index in [1.807, 2.05) is 125 Å². The van der Waals surface area contributed by atoms with Crippen LogP contribution in [0.25, 0.3) is 0 Å². The van der Waals surface area contributed by atoms with Crippen molar-refractivity contribution in [3.05, 3.63) is 0 Å². The van der Waals surface area contributed by atoms with Crippen molar-refractivity contribution < 1.29 is 57.1 Å². The lowest BCUT2D eigenvalue weighted by Crippen LogP contribution is -2.30. The van der Waals surface area contributed by atoms with E-state index >= 15 is 0 Å². The molecule has 23 heteroatoms. The molecule has 0 aliphatic rings. The van der Waals surface area contributed by atoms with E-state index in [1.165, 1.54) is 270 Å². The van der Waals surface area contributed by atoms with Crippen LogP contribution >= 0.6 is 0 Å². The Balaban J connectivity index is -0.000000143. The number of likely N-dealkylation sites (N-methyl/N-ethyl adjacent to an activating group) is 1. The second-order valence-corrected chi connectivity index (χ2v) is 40.4. The van der Waals surface area contributed by atoms with Crippen LogP contribution in [0, 0.1) is 23.7 Å². The number of hydrogen-bond acceptors (Lipinski definition) is 18. The predicted octanol–water partition coefficient (Wildman–Crippen LogP) is 26.2. The predicted molar refractivity (Wildman–Crippen MR) is 606 cm³/mol. The Kier molecular flexibility index (Phi) is 162. The van der Waals surface area contributed by atoms with Crippen molar-refractivity contribution in [1.82, 2.24) is 58.5 Å². The first-order chi connectivity index (χ1) is 66.0. The lowest BCUT2D eigenvalue weighted by atomic mass is 10.0. The van der Waals surface area contributed by atoms with E-state index in [0.29, 0.717) is 24.9 Å². The number of nitrogens with one attached hydrogen (secondary N) is 11. The van der Waals surface area contributed by atoms with Crippen LogP contribution in [0.1, 0.15) is 495 Å². The zero-order valence-electron chi connectivity index (χ0n) is 98.9. The van der Waals surface area contributed by atoms with Crippen LogP contribution in [-0.2, 0) is 57.1 Å². The van der Waals surface area contributed by atoms with Gasteiger partial charge >= 0.3 is 0 Å². The second kappa shape index (κ2) is 142. The zero-order chi connectivity index (χ0) is 107. The lowest BCUT2D eigenvalue weighted by Gasteiger charge is -2.08. The molecule has 23 nitrogen and oxygen atoms in total. The largest absolute Gasteiger partial charge is 0.379 e. The molecule has 0 spiro atoms. The molecule has 0 fully saturated rings. The van der Waals surface area contributed by atoms with Gasteiger partial charge in [0.25, 0.3) is 0 Å². The van der Waals surface area contributed by atoms with Gasteiger partial charge in [0.15, 0.2) is 0 Å². The summed E-state index contributed by atoms with van der Waals surface area (Å²) in [6, 6.07) is 0. The number of carbonyl (C=O) groups is 5. The molecule has 0 bridgehead atoms. The van der Waals surface area contributed by atoms with Crippen molar-refractivity contribution in [2.24, 2.45) is 23.7 Å². The summed E-state index contributed by atoms with van der Waals surface area (Å²) >= 11 is 0. The van der Waals surface area contributed by atoms with Crippen LogP contribution < -0.4 is 58.5 Å². The topological polar surface area (TPSA) is 282 Å². The fraction of sp³-hybridized carbons (Fsp3) is 0.957. The van der Waals surface area contributed by atoms with Crippen LogP contribution in [0.4, 0.5) is 0 Å². The summed E-state index contributed by atoms with van der Waals surface area (Å²) in [7, 11) is 11.8. The average Bonchev–Trinajstić information content (AvgIpc) is 0.981. The number of rotatable bonds is 84. The molecule has 0 heterocycles. The van der Waals surface area contributed by atoms with Gasteiger partial charge in [-0.05, 0) is 260 Å². The van der Waals surface area contributed by atoms with Crippen molar-refractivity contribution in [3.63, 3.8) is 0 Å². The van der Waals surface area contributed by atoms with E-state index in [2.05, 4.69) is 162 Å². The molecule has 840 valence electrons. The third kappa shape index (κ3) is 199. The number of amides is 5. The molecular weight excluding hydrogens is 1730 g/mol. The van der Waals surface area contributed by atoms with Crippen molar-refractivity contribution in [2.45, 2.75) is 538 Å². The van der Waals surface area contributed by atoms with E-state index < -0.39 is 0 Å². The first kappa shape index (κ1) is 157. The van der Waals surface area contributed by atoms with E-state index in [4.69, 9.17) is 33.2 Å². The highest BCUT2D eigenvalue weighted by Crippen LogP contribution is 2.15. The van der Waals surface area contributed by atoms with Crippen LogP contribution in [0.15, 0.2) is 0 Å². The lowest BCUT2D eigenvalue weighted by molar-refractivity contribution is -0.127. The Morgan fingerprint density at radius 3 is 0.587 bits per heavy atom. The molecular formula is C115H253N11O12. The monoisotopic (exact) mass is 1980 g/mol. The second-order valence-electron chi connectivity index (χ2n) is 40.4. The maximum absolute atomic E-state index is 11.2. The Bertz CT molecular complexity index is 2170. The standard InChI is InChI=1S/C13H27NO2.C13H28.C12H25NO.C11H24N2O2.C11H23NO2.C11H25N.C11H24.C10H23NO.C9H20N2O2.C8H19NO.C6H15NO/c1-4-5-6-7-8-9-10-14-13(15)11-16-12(2)3;1-4-5-6-7-8-9-10-11-12-13(2)3;1-4-5-6-7-8-9-10-13-12(14)11(2)3;1-10(2)15-9-11(14)13-8-6-4-5-7-12-3;1-4-5-6-7-8-12-11(13)9-14-10(2)3;1-11(2)9-7-5-4-6-8-10-12-3;1-4-5-6-7-8-9-10-11(2)3;1-10(2)12-9-7-5-4-6-8-11-3;1-8(2)13-7-9(12)11-6-4-5-10-3;1-8(2)10-7-5-4-6-9-3;1-6(2)8-5-4-7-3/h12H,4-11H2,1-3H3,(H,14,15);13H,4-12H2,1-3H3;11H,4-10H2,1-3H3,(H,13,14);10,12H,4-9H2,1-3H3,(H,13,14);10H,4-9H2,1-3H3,(H,12,13);11-12H,4-10H2,1-3H3;11H,4-10H2,1-3H3;10-11H,4-9H2,1-3H3;8,10H,4-7H2,1-3H3,(H,11,12);8-9H,4-7H2,1-3H3;6-7H,4-5H2,1-3H3. The minimum atomic E-state index is -0.0372. The highest BCUT2D eigenvalue weighted by atomic mass is 16.5. The third-order valence-electron chi connectivity index (χ3n) is 20.9. The Hall–Kier alpha value is -3.17. The highest BCUT2D eigenvalue weighted by molar-refractivity contribution is 5.78. The van der Waals surface area contributed by atoms with E-state index in [9.17, 15) is 24.0 Å². The molecule has 138 heavy (non-hydrogen) atoms. The van der Waals surface area contributed by atoms with Gasteiger partial charge in [0.05, 0.1) is 49.3 Å². The fourth-order valence-corrected chi connectivity index (χ4v) is 12.3. The van der Waals surface area contributed by atoms with Crippen molar-refractivity contribution in [2.75, 3.05) is 161 Å². The Morgan fingerprint density at radius 1 is 0.181 bits per heavy atom. The smallest absolute Gasteiger partial charge is 0.246 e. The van der Waals surface area contributed by atoms with Crippen molar-refractivity contribution in [1.29, 1.82) is 0 Å². The maximum Gasteiger partial charge on any atom is 0.246 e. The van der Waals surface area contributed by atoms with E-state index in [-0.39, 0.29) is 86.3 Å². The van der Waals surface area contributed by atoms with Gasteiger partial charge in [-0.15, -0.1) is 0 Å². The summed E-state index contributed by atoms with van der Waals surface area (Å²) in [6.45, 7) is 70.2. The van der Waals surface area contributed by atoms with Gasteiger partial charge in [0.2, 0.25) is 29.5 Å². The van der Waals surface area contributed by atoms with Crippen molar-refractivity contribution in [3.8, 4) is 0 Å². The molecule has 5 amide bonds. The molecule has 0 radical (unpaired) electrons. The summed E-state index contributed by atoms with van der Waals surface area (Å²) in [6.07, 6.45) is 64.8. The van der Waals surface area contributed by atoms with Gasteiger partial charge < -0.3 is 91.6 Å². The SMILES string of the molecule is CCCCCCCCC(C)C.CCCCCCCCCCC(C)C.CCCCCCCCNC(=O)C(C)C.CCCCCCCCNC(=O)COC(C)C.CCCCCCNC(=O)COC(C)C.CNCCCCCCCC(C)C.CNCCCCCCOC(C)C.CNCCCCCNC(=O)COC(C)C.CNCCCCOC(C)C.CNCCCNC(=O)COC(C)C.CNCCOC(C)C. The number of ether oxygens (including phenoxy) is 7. The van der Waals surface area contributed by atoms with Crippen LogP contribution in [0.5, 0.6) is 0 Å². The summed E-state index contributed by atoms with van der Waals surface area (Å²) < 4.78 is 36.7. The van der Waals surface area contributed by atoms with Gasteiger partial charge in [-0.2, -0.15) is 0 Å². The normalized spacial score (nSPS) is 10.8. The van der Waals surface area contributed by atoms with Crippen molar-refractivity contribution >= 4 is 29.5 Å². The van der Waals surface area contributed by atoms with Crippen LogP contribution in [-0.4, -0.2) is 233 Å². The van der Waals surface area contributed by atoms with Crippen LogP contribution in [0.2, 0.25) is 0 Å². The summed E-state index contributed by atoms with van der Waals surface area (Å²) in [5.74, 6) is 2.94. The van der Waals surface area contributed by atoms with Gasteiger partial charge in [-0.1, -0.05) is 328 Å². The van der Waals surface area contributed by atoms with Gasteiger partial charge in [0.1, 0.15) is 26.4 Å². The molecule has 0 aromatic heterocycles. The third-order valence-corrected chi connectivity index (χ3v) is 20.9. The molecule has 0 rings (SSSR count). The molecule has 0 saturated carbocycles. The number of unbranched alkanes of at least 4 members (excludes halogenated alkanes) is 35. The molecule has 0 atom stereocenters. The molecule has 0 unspecified atom stereocenters. The highest BCUT2D eigenvalue weighted by Gasteiger charge is 2.09. The summed E-state index contributed by atoms with van der Waals surface area (Å²) in [5.41, 5.74) is 0. The zero-order valence-corrected chi connectivity index (χ0v) is 98.9. The first-order valence-electron chi connectivity index (χ1n) is 57.5. The fourth-order valence-electron chi connectivity index (χ4n) is 12.3. The molecule has 11 N–H and O–H groups in total. The quantitative estimate of drug-likeness (QED) is 0.0252. The maximum atomic E-state index is 11.2. The summed E-state index contributed by atoms with van der Waals surface area (Å²) in [5, 5.41) is 32.8. The average molecular weight is 1980 g/mol. The number of carbonyl (C=O) groups excluding carboxylic acids is 5. The van der Waals surface area contributed by atoms with Crippen LogP contribution in [0.3, 0.4) is 0 Å². The van der Waals surface area contributed by atoms with Gasteiger partial charge in [-0.25, -0.2) is 0 Å². The van der Waals surface area contributed by atoms with Gasteiger partial charge in [-0.3, -0.25) is 24.0 Å². The van der Waals surface area contributed by atoms with Gasteiger partial charge in [0, 0.05) is 58.4 Å². The minimum Gasteiger partial charge on any atom is -0.379 e. The Labute approximate surface area is 862 Å². The summed E-state index contributed by atoms with van der Waals surface area (Å²) in [4.78, 5) is 55.8. The molecule has 0 aromatic rings. The minimum absolute atomic E-state index is 0.00209. The first-order valence-corrected chi connectivity index (χ1v) is 57.5. The van der Waals surface area contributed by atoms with E-state index in [0.717, 1.165) is 141 Å².